The maximum Gasteiger partial charge on any atom is 0.488 e. The molecule has 0 bridgehead atoms. The fraction of sp³-hybridized carbons (Fsp3) is 0.571. The molecule has 0 saturated carbocycles. The van der Waals surface area contributed by atoms with Crippen LogP contribution in [0.4, 0.5) is 0 Å². The third kappa shape index (κ3) is 3.34. The fourth-order valence-corrected chi connectivity index (χ4v) is 2.78. The highest BCUT2D eigenvalue weighted by molar-refractivity contribution is 6.58. The van der Waals surface area contributed by atoms with Crippen LogP contribution in [0.1, 0.15) is 32.3 Å². The van der Waals surface area contributed by atoms with E-state index in [1.165, 1.54) is 12.8 Å². The molecule has 0 spiro atoms. The summed E-state index contributed by atoms with van der Waals surface area (Å²) in [6.07, 6.45) is 2.51. The van der Waals surface area contributed by atoms with E-state index in [1.54, 1.807) is 6.07 Å². The molecule has 0 aliphatic carbocycles. The zero-order valence-corrected chi connectivity index (χ0v) is 11.2. The molecule has 1 aromatic carbocycles. The molecule has 1 fully saturated rings. The minimum atomic E-state index is -1.37. The van der Waals surface area contributed by atoms with Gasteiger partial charge in [0.25, 0.3) is 0 Å². The molecule has 18 heavy (non-hydrogen) atoms. The van der Waals surface area contributed by atoms with Crippen molar-refractivity contribution in [3.63, 3.8) is 0 Å². The minimum Gasteiger partial charge on any atom is -0.423 e. The first-order chi connectivity index (χ1) is 8.56. The van der Waals surface area contributed by atoms with Crippen LogP contribution in [0.3, 0.4) is 0 Å². The smallest absolute Gasteiger partial charge is 0.423 e. The van der Waals surface area contributed by atoms with E-state index < -0.39 is 7.12 Å². The average molecular weight is 247 g/mol. The van der Waals surface area contributed by atoms with E-state index in [0.29, 0.717) is 11.5 Å². The molecule has 4 heteroatoms. The first-order valence-corrected chi connectivity index (χ1v) is 6.75. The fourth-order valence-electron chi connectivity index (χ4n) is 2.78. The van der Waals surface area contributed by atoms with Crippen LogP contribution < -0.4 is 5.46 Å². The average Bonchev–Trinajstić information content (AvgIpc) is 2.33. The Bertz CT molecular complexity index is 397. The van der Waals surface area contributed by atoms with Crippen LogP contribution >= 0.6 is 0 Å². The van der Waals surface area contributed by atoms with Gasteiger partial charge in [-0.15, -0.1) is 0 Å². The van der Waals surface area contributed by atoms with Gasteiger partial charge in [0, 0.05) is 12.6 Å². The number of likely N-dealkylation sites (tertiary alicyclic amines) is 1. The number of nitrogens with zero attached hydrogens (tertiary/aromatic N) is 1. The van der Waals surface area contributed by atoms with Crippen molar-refractivity contribution in [1.29, 1.82) is 0 Å². The van der Waals surface area contributed by atoms with Gasteiger partial charge < -0.3 is 10.0 Å². The van der Waals surface area contributed by atoms with E-state index in [0.717, 1.165) is 24.6 Å². The van der Waals surface area contributed by atoms with E-state index >= 15 is 0 Å². The molecular weight excluding hydrogens is 225 g/mol. The van der Waals surface area contributed by atoms with Gasteiger partial charge in [-0.1, -0.05) is 31.2 Å². The van der Waals surface area contributed by atoms with Crippen molar-refractivity contribution in [2.75, 3.05) is 6.54 Å². The minimum absolute atomic E-state index is 0.575. The highest BCUT2D eigenvalue weighted by atomic mass is 16.4. The Labute approximate surface area is 110 Å². The van der Waals surface area contributed by atoms with Crippen LogP contribution in [0.15, 0.2) is 24.3 Å². The van der Waals surface area contributed by atoms with Crippen LogP contribution in [0.5, 0.6) is 0 Å². The quantitative estimate of drug-likeness (QED) is 0.783. The molecule has 1 aliphatic rings. The standard InChI is InChI=1S/C14H22BNO2/c1-11-6-7-16(12(2)8-11)10-13-4-3-5-14(9-13)15(17)18/h3-5,9,11-12,17-18H,6-8,10H2,1-2H3. The van der Waals surface area contributed by atoms with Gasteiger partial charge in [0.2, 0.25) is 0 Å². The summed E-state index contributed by atoms with van der Waals surface area (Å²) in [6.45, 7) is 6.62. The van der Waals surface area contributed by atoms with Crippen molar-refractivity contribution in [3.05, 3.63) is 29.8 Å². The highest BCUT2D eigenvalue weighted by Crippen LogP contribution is 2.23. The Hall–Kier alpha value is -0.835. The first kappa shape index (κ1) is 13.6. The molecule has 1 saturated heterocycles. The predicted molar refractivity (Wildman–Crippen MR) is 74.5 cm³/mol. The molecule has 2 rings (SSSR count). The maximum absolute atomic E-state index is 9.18. The third-order valence-electron chi connectivity index (χ3n) is 3.91. The number of hydrogen-bond donors (Lipinski definition) is 2. The lowest BCUT2D eigenvalue weighted by Crippen LogP contribution is -2.40. The van der Waals surface area contributed by atoms with Crippen LogP contribution in [-0.2, 0) is 6.54 Å². The molecular formula is C14H22BNO2. The van der Waals surface area contributed by atoms with Crippen molar-refractivity contribution in [2.45, 2.75) is 39.3 Å². The molecule has 0 aromatic heterocycles. The summed E-state index contributed by atoms with van der Waals surface area (Å²) in [6, 6.07) is 8.18. The Morgan fingerprint density at radius 1 is 1.33 bits per heavy atom. The molecule has 1 aromatic rings. The molecule has 2 N–H and O–H groups in total. The van der Waals surface area contributed by atoms with Crippen molar-refractivity contribution in [2.24, 2.45) is 5.92 Å². The SMILES string of the molecule is CC1CCN(Cc2cccc(B(O)O)c2)C(C)C1. The lowest BCUT2D eigenvalue weighted by molar-refractivity contribution is 0.122. The number of piperidine rings is 1. The summed E-state index contributed by atoms with van der Waals surface area (Å²) in [7, 11) is -1.37. The third-order valence-corrected chi connectivity index (χ3v) is 3.91. The normalized spacial score (nSPS) is 25.1. The summed E-state index contributed by atoms with van der Waals surface area (Å²) in [5, 5.41) is 18.4. The topological polar surface area (TPSA) is 43.7 Å². The molecule has 0 amide bonds. The van der Waals surface area contributed by atoms with Crippen LogP contribution in [0.25, 0.3) is 0 Å². The van der Waals surface area contributed by atoms with Crippen LogP contribution in [0.2, 0.25) is 0 Å². The monoisotopic (exact) mass is 247 g/mol. The second-order valence-electron chi connectivity index (χ2n) is 5.57. The summed E-state index contributed by atoms with van der Waals surface area (Å²) in [4.78, 5) is 2.48. The summed E-state index contributed by atoms with van der Waals surface area (Å²) < 4.78 is 0. The van der Waals surface area contributed by atoms with Crippen molar-refractivity contribution < 1.29 is 10.0 Å². The van der Waals surface area contributed by atoms with Crippen molar-refractivity contribution in [3.8, 4) is 0 Å². The van der Waals surface area contributed by atoms with Crippen LogP contribution in [0, 0.1) is 5.92 Å². The van der Waals surface area contributed by atoms with Gasteiger partial charge in [-0.25, -0.2) is 0 Å². The van der Waals surface area contributed by atoms with Gasteiger partial charge in [-0.2, -0.15) is 0 Å². The van der Waals surface area contributed by atoms with Crippen molar-refractivity contribution in [1.82, 2.24) is 4.90 Å². The van der Waals surface area contributed by atoms with Gasteiger partial charge in [-0.05, 0) is 43.3 Å². The van der Waals surface area contributed by atoms with E-state index in [2.05, 4.69) is 24.8 Å². The molecule has 98 valence electrons. The summed E-state index contributed by atoms with van der Waals surface area (Å²) >= 11 is 0. The Kier molecular flexibility index (Phi) is 4.43. The summed E-state index contributed by atoms with van der Waals surface area (Å²) in [5.41, 5.74) is 1.73. The highest BCUT2D eigenvalue weighted by Gasteiger charge is 2.23. The van der Waals surface area contributed by atoms with E-state index in [4.69, 9.17) is 0 Å². The maximum atomic E-state index is 9.18. The molecule has 0 radical (unpaired) electrons. The van der Waals surface area contributed by atoms with Gasteiger partial charge >= 0.3 is 7.12 Å². The van der Waals surface area contributed by atoms with E-state index in [1.807, 2.05) is 12.1 Å². The molecule has 2 atom stereocenters. The lowest BCUT2D eigenvalue weighted by atomic mass is 9.79. The van der Waals surface area contributed by atoms with Crippen molar-refractivity contribution >= 4 is 12.6 Å². The van der Waals surface area contributed by atoms with E-state index in [-0.39, 0.29) is 0 Å². The zero-order chi connectivity index (χ0) is 13.1. The molecule has 2 unspecified atom stereocenters. The first-order valence-electron chi connectivity index (χ1n) is 6.75. The molecule has 1 aliphatic heterocycles. The summed E-state index contributed by atoms with van der Waals surface area (Å²) in [5.74, 6) is 0.821. The van der Waals surface area contributed by atoms with Gasteiger partial charge in [0.05, 0.1) is 0 Å². The second-order valence-corrected chi connectivity index (χ2v) is 5.57. The Morgan fingerprint density at radius 3 is 2.78 bits per heavy atom. The lowest BCUT2D eigenvalue weighted by Gasteiger charge is -2.36. The molecule has 3 nitrogen and oxygen atoms in total. The predicted octanol–water partition coefficient (Wildman–Crippen LogP) is 0.987. The van der Waals surface area contributed by atoms with Gasteiger partial charge in [0.15, 0.2) is 0 Å². The largest absolute Gasteiger partial charge is 0.488 e. The Balaban J connectivity index is 2.02. The van der Waals surface area contributed by atoms with Crippen LogP contribution in [-0.4, -0.2) is 34.7 Å². The van der Waals surface area contributed by atoms with E-state index in [9.17, 15) is 10.0 Å². The van der Waals surface area contributed by atoms with Gasteiger partial charge in [-0.3, -0.25) is 4.90 Å². The second kappa shape index (κ2) is 5.87. The number of benzene rings is 1. The van der Waals surface area contributed by atoms with Gasteiger partial charge in [0.1, 0.15) is 0 Å². The molecule has 1 heterocycles. The Morgan fingerprint density at radius 2 is 2.11 bits per heavy atom. The number of rotatable bonds is 3. The number of hydrogen-bond acceptors (Lipinski definition) is 3. The zero-order valence-electron chi connectivity index (χ0n) is 11.2.